The van der Waals surface area contributed by atoms with Crippen molar-refractivity contribution in [2.75, 3.05) is 38.9 Å². The summed E-state index contributed by atoms with van der Waals surface area (Å²) in [6.45, 7) is 3.49. The van der Waals surface area contributed by atoms with E-state index in [1.54, 1.807) is 31.2 Å². The third-order valence-corrected chi connectivity index (χ3v) is 3.50. The van der Waals surface area contributed by atoms with Gasteiger partial charge >= 0.3 is 0 Å². The summed E-state index contributed by atoms with van der Waals surface area (Å²) in [6, 6.07) is 6.80. The number of halogens is 1. The van der Waals surface area contributed by atoms with E-state index in [0.717, 1.165) is 0 Å². The molecule has 0 spiro atoms. The molecule has 1 aromatic carbocycles. The lowest BCUT2D eigenvalue weighted by Crippen LogP contribution is -2.34. The molecule has 0 saturated heterocycles. The molecule has 0 N–H and O–H groups in total. The van der Waals surface area contributed by atoms with Crippen molar-refractivity contribution in [1.29, 1.82) is 0 Å². The van der Waals surface area contributed by atoms with Crippen molar-refractivity contribution in [3.8, 4) is 0 Å². The summed E-state index contributed by atoms with van der Waals surface area (Å²) in [4.78, 5) is 25.5. The van der Waals surface area contributed by atoms with Crippen LogP contribution in [0.4, 0.5) is 0 Å². The number of carbonyl (C=O) groups is 2. The van der Waals surface area contributed by atoms with Crippen LogP contribution in [0.5, 0.6) is 0 Å². The average molecular weight is 342 g/mol. The number of fused-ring (bicyclic) bond motifs is 1. The highest BCUT2D eigenvalue weighted by molar-refractivity contribution is 6.21. The SMILES string of the molecule is CC(OCCOCCCl)OCCN1C(=O)c2ccccc2C1=O. The predicted molar refractivity (Wildman–Crippen MR) is 84.7 cm³/mol. The zero-order valence-corrected chi connectivity index (χ0v) is 13.8. The molecule has 7 heteroatoms. The van der Waals surface area contributed by atoms with E-state index in [2.05, 4.69) is 0 Å². The first-order chi connectivity index (χ1) is 11.1. The number of amides is 2. The van der Waals surface area contributed by atoms with E-state index in [1.807, 2.05) is 0 Å². The molecule has 0 aliphatic carbocycles. The monoisotopic (exact) mass is 341 g/mol. The zero-order valence-electron chi connectivity index (χ0n) is 13.0. The van der Waals surface area contributed by atoms with Crippen LogP contribution >= 0.6 is 11.6 Å². The summed E-state index contributed by atoms with van der Waals surface area (Å²) in [7, 11) is 0. The molecule has 23 heavy (non-hydrogen) atoms. The van der Waals surface area contributed by atoms with Gasteiger partial charge in [0.25, 0.3) is 11.8 Å². The van der Waals surface area contributed by atoms with Gasteiger partial charge in [-0.15, -0.1) is 11.6 Å². The van der Waals surface area contributed by atoms with Gasteiger partial charge < -0.3 is 14.2 Å². The maximum Gasteiger partial charge on any atom is 0.261 e. The summed E-state index contributed by atoms with van der Waals surface area (Å²) in [5.74, 6) is -0.110. The number of hydrogen-bond donors (Lipinski definition) is 0. The maximum absolute atomic E-state index is 12.1. The van der Waals surface area contributed by atoms with Gasteiger partial charge in [-0.25, -0.2) is 0 Å². The first kappa shape index (κ1) is 17.9. The fraction of sp³-hybridized carbons (Fsp3) is 0.500. The minimum absolute atomic E-state index is 0.197. The van der Waals surface area contributed by atoms with Gasteiger partial charge in [0.2, 0.25) is 0 Å². The van der Waals surface area contributed by atoms with Crippen molar-refractivity contribution in [2.24, 2.45) is 0 Å². The minimum Gasteiger partial charge on any atom is -0.378 e. The molecule has 2 amide bonds. The number of alkyl halides is 1. The topological polar surface area (TPSA) is 65.1 Å². The molecule has 1 aliphatic rings. The molecule has 0 radical (unpaired) electrons. The third-order valence-electron chi connectivity index (χ3n) is 3.35. The Labute approximate surface area is 140 Å². The van der Waals surface area contributed by atoms with Crippen LogP contribution in [0.15, 0.2) is 24.3 Å². The van der Waals surface area contributed by atoms with E-state index in [0.29, 0.717) is 36.8 Å². The van der Waals surface area contributed by atoms with Gasteiger partial charge in [0.1, 0.15) is 0 Å². The van der Waals surface area contributed by atoms with Gasteiger partial charge in [0.15, 0.2) is 6.29 Å². The third kappa shape index (κ3) is 4.75. The molecule has 126 valence electrons. The summed E-state index contributed by atoms with van der Waals surface area (Å²) < 4.78 is 16.0. The molecule has 0 bridgehead atoms. The highest BCUT2D eigenvalue weighted by atomic mass is 35.5. The van der Waals surface area contributed by atoms with E-state index in [1.165, 1.54) is 4.90 Å². The van der Waals surface area contributed by atoms with Gasteiger partial charge in [0, 0.05) is 5.88 Å². The van der Waals surface area contributed by atoms with Crippen molar-refractivity contribution in [3.63, 3.8) is 0 Å². The lowest BCUT2D eigenvalue weighted by Gasteiger charge is -2.17. The Morgan fingerprint density at radius 3 is 2.22 bits per heavy atom. The van der Waals surface area contributed by atoms with Crippen molar-refractivity contribution in [1.82, 2.24) is 4.90 Å². The normalized spacial score (nSPS) is 15.1. The number of benzene rings is 1. The van der Waals surface area contributed by atoms with Gasteiger partial charge in [-0.05, 0) is 19.1 Å². The van der Waals surface area contributed by atoms with E-state index >= 15 is 0 Å². The molecule has 0 saturated carbocycles. The molecule has 6 nitrogen and oxygen atoms in total. The Morgan fingerprint density at radius 2 is 1.61 bits per heavy atom. The lowest BCUT2D eigenvalue weighted by molar-refractivity contribution is -0.139. The number of nitrogens with zero attached hydrogens (tertiary/aromatic N) is 1. The molecular weight excluding hydrogens is 322 g/mol. The van der Waals surface area contributed by atoms with Gasteiger partial charge in [-0.1, -0.05) is 12.1 Å². The molecule has 1 unspecified atom stereocenters. The smallest absolute Gasteiger partial charge is 0.261 e. The van der Waals surface area contributed by atoms with Crippen LogP contribution in [0.3, 0.4) is 0 Å². The Morgan fingerprint density at radius 1 is 1.00 bits per heavy atom. The average Bonchev–Trinajstić information content (AvgIpc) is 2.80. The highest BCUT2D eigenvalue weighted by Crippen LogP contribution is 2.21. The second kappa shape index (κ2) is 8.98. The highest BCUT2D eigenvalue weighted by Gasteiger charge is 2.34. The summed E-state index contributed by atoms with van der Waals surface area (Å²) >= 11 is 5.48. The first-order valence-electron chi connectivity index (χ1n) is 7.47. The van der Waals surface area contributed by atoms with Crippen LogP contribution in [-0.2, 0) is 14.2 Å². The zero-order chi connectivity index (χ0) is 16.7. The van der Waals surface area contributed by atoms with Gasteiger partial charge in [-0.3, -0.25) is 14.5 Å². The van der Waals surface area contributed by atoms with Crippen LogP contribution < -0.4 is 0 Å². The van der Waals surface area contributed by atoms with E-state index in [-0.39, 0.29) is 25.0 Å². The van der Waals surface area contributed by atoms with E-state index in [9.17, 15) is 9.59 Å². The Bertz CT molecular complexity index is 516. The number of ether oxygens (including phenoxy) is 3. The Balaban J connectivity index is 1.69. The predicted octanol–water partition coefficient (Wildman–Crippen LogP) is 1.92. The molecular formula is C16H20ClNO5. The second-order valence-corrected chi connectivity index (χ2v) is 5.30. The number of imide groups is 1. The molecule has 0 aromatic heterocycles. The fourth-order valence-electron chi connectivity index (χ4n) is 2.23. The second-order valence-electron chi connectivity index (χ2n) is 4.92. The van der Waals surface area contributed by atoms with Crippen LogP contribution in [-0.4, -0.2) is 61.9 Å². The van der Waals surface area contributed by atoms with Crippen LogP contribution in [0, 0.1) is 0 Å². The van der Waals surface area contributed by atoms with Gasteiger partial charge in [0.05, 0.1) is 44.1 Å². The Hall–Kier alpha value is -1.47. The Kier molecular flexibility index (Phi) is 6.98. The first-order valence-corrected chi connectivity index (χ1v) is 8.00. The number of carbonyl (C=O) groups excluding carboxylic acids is 2. The van der Waals surface area contributed by atoms with Crippen LogP contribution in [0.1, 0.15) is 27.6 Å². The van der Waals surface area contributed by atoms with Crippen molar-refractivity contribution >= 4 is 23.4 Å². The molecule has 1 atom stereocenters. The number of rotatable bonds is 10. The minimum atomic E-state index is -0.440. The quantitative estimate of drug-likeness (QED) is 0.281. The lowest BCUT2D eigenvalue weighted by atomic mass is 10.1. The van der Waals surface area contributed by atoms with E-state index in [4.69, 9.17) is 25.8 Å². The van der Waals surface area contributed by atoms with Crippen molar-refractivity contribution in [2.45, 2.75) is 13.2 Å². The maximum atomic E-state index is 12.1. The summed E-state index contributed by atoms with van der Waals surface area (Å²) in [5, 5.41) is 0. The van der Waals surface area contributed by atoms with Crippen LogP contribution in [0.25, 0.3) is 0 Å². The molecule has 1 aliphatic heterocycles. The van der Waals surface area contributed by atoms with Crippen molar-refractivity contribution < 1.29 is 23.8 Å². The van der Waals surface area contributed by atoms with Crippen LogP contribution in [0.2, 0.25) is 0 Å². The fourth-order valence-corrected chi connectivity index (χ4v) is 2.34. The summed E-state index contributed by atoms with van der Waals surface area (Å²) in [5.41, 5.74) is 0.886. The van der Waals surface area contributed by atoms with Gasteiger partial charge in [-0.2, -0.15) is 0 Å². The number of hydrogen-bond acceptors (Lipinski definition) is 5. The molecule has 1 heterocycles. The standard InChI is InChI=1S/C16H20ClNO5/c1-12(23-11-10-21-8-6-17)22-9-7-18-15(19)13-4-2-3-5-14(13)16(18)20/h2-5,12H,6-11H2,1H3. The molecule has 2 rings (SSSR count). The molecule has 0 fully saturated rings. The van der Waals surface area contributed by atoms with Crippen molar-refractivity contribution in [3.05, 3.63) is 35.4 Å². The van der Waals surface area contributed by atoms with E-state index < -0.39 is 6.29 Å². The summed E-state index contributed by atoms with van der Waals surface area (Å²) in [6.07, 6.45) is -0.440. The molecule has 1 aromatic rings. The largest absolute Gasteiger partial charge is 0.378 e.